The van der Waals surface area contributed by atoms with Crippen molar-refractivity contribution in [3.63, 3.8) is 0 Å². The Morgan fingerprint density at radius 2 is 1.22 bits per heavy atom. The van der Waals surface area contributed by atoms with E-state index in [2.05, 4.69) is 0 Å². The lowest BCUT2D eigenvalue weighted by atomic mass is 9.96. The number of carbonyl (C=O) groups excluding carboxylic acids is 2. The topological polar surface area (TPSA) is 61.2 Å². The summed E-state index contributed by atoms with van der Waals surface area (Å²) in [7, 11) is 0. The number of hydrogen-bond donors (Lipinski definition) is 0. The summed E-state index contributed by atoms with van der Waals surface area (Å²) in [5, 5.41) is 8.75. The smallest absolute Gasteiger partial charge is 0.262 e. The van der Waals surface area contributed by atoms with Gasteiger partial charge in [0.05, 0.1) is 23.6 Å². The van der Waals surface area contributed by atoms with Crippen LogP contribution in [0.2, 0.25) is 0 Å². The fourth-order valence-corrected chi connectivity index (χ4v) is 2.69. The van der Waals surface area contributed by atoms with Crippen LogP contribution in [0.25, 0.3) is 11.1 Å². The summed E-state index contributed by atoms with van der Waals surface area (Å²) in [6, 6.07) is 20.3. The normalized spacial score (nSPS) is 14.3. The van der Waals surface area contributed by atoms with Gasteiger partial charge in [0.1, 0.15) is 0 Å². The van der Waals surface area contributed by atoms with Crippen molar-refractivity contribution in [2.75, 3.05) is 6.54 Å². The first-order valence-electron chi connectivity index (χ1n) is 7.32. The minimum atomic E-state index is -0.338. The Kier molecular flexibility index (Phi) is 4.03. The zero-order chi connectivity index (χ0) is 16.2. The van der Waals surface area contributed by atoms with Gasteiger partial charge in [-0.1, -0.05) is 60.7 Å². The first-order chi connectivity index (χ1) is 11.2. The monoisotopic (exact) mass is 302 g/mol. The van der Waals surface area contributed by atoms with Gasteiger partial charge in [-0.3, -0.25) is 14.5 Å². The predicted octanol–water partition coefficient (Wildman–Crippen LogP) is 2.88. The van der Waals surface area contributed by atoms with Crippen LogP contribution < -0.4 is 0 Å². The van der Waals surface area contributed by atoms with Gasteiger partial charge in [0.15, 0.2) is 0 Å². The van der Waals surface area contributed by atoms with E-state index in [0.717, 1.165) is 4.90 Å². The molecule has 4 heteroatoms. The third-order valence-electron chi connectivity index (χ3n) is 3.74. The van der Waals surface area contributed by atoms with Crippen LogP contribution in [-0.4, -0.2) is 23.3 Å². The molecule has 1 aliphatic rings. The maximum atomic E-state index is 12.7. The fourth-order valence-electron chi connectivity index (χ4n) is 2.69. The van der Waals surface area contributed by atoms with Crippen LogP contribution >= 0.6 is 0 Å². The fraction of sp³-hybridized carbons (Fsp3) is 0.105. The number of amides is 2. The number of rotatable bonds is 4. The SMILES string of the molecule is N#CCCN1C(=O)C(c2ccccc2)=C(c2ccccc2)C1=O. The maximum absolute atomic E-state index is 12.7. The molecule has 1 aliphatic heterocycles. The van der Waals surface area contributed by atoms with Gasteiger partial charge in [0.25, 0.3) is 11.8 Å². The van der Waals surface area contributed by atoms with Crippen molar-refractivity contribution >= 4 is 23.0 Å². The maximum Gasteiger partial charge on any atom is 0.262 e. The molecule has 0 saturated heterocycles. The Balaban J connectivity index is 2.15. The predicted molar refractivity (Wildman–Crippen MR) is 86.6 cm³/mol. The van der Waals surface area contributed by atoms with E-state index >= 15 is 0 Å². The number of imide groups is 1. The van der Waals surface area contributed by atoms with Crippen LogP contribution in [0.4, 0.5) is 0 Å². The van der Waals surface area contributed by atoms with Crippen molar-refractivity contribution in [3.8, 4) is 6.07 Å². The molecular weight excluding hydrogens is 288 g/mol. The molecule has 0 N–H and O–H groups in total. The molecule has 0 aromatic heterocycles. The average molecular weight is 302 g/mol. The van der Waals surface area contributed by atoms with Crippen LogP contribution in [0.5, 0.6) is 0 Å². The number of benzene rings is 2. The van der Waals surface area contributed by atoms with Crippen molar-refractivity contribution in [2.24, 2.45) is 0 Å². The van der Waals surface area contributed by atoms with E-state index in [1.165, 1.54) is 0 Å². The molecule has 0 unspecified atom stereocenters. The molecule has 0 radical (unpaired) electrons. The van der Waals surface area contributed by atoms with Crippen molar-refractivity contribution < 1.29 is 9.59 Å². The molecule has 2 aromatic rings. The molecule has 112 valence electrons. The summed E-state index contributed by atoms with van der Waals surface area (Å²) in [6.07, 6.45) is 0.127. The van der Waals surface area contributed by atoms with Gasteiger partial charge in [-0.15, -0.1) is 0 Å². The quantitative estimate of drug-likeness (QED) is 0.816. The summed E-state index contributed by atoms with van der Waals surface area (Å²) in [5.74, 6) is -0.675. The van der Waals surface area contributed by atoms with E-state index in [1.807, 2.05) is 66.7 Å². The van der Waals surface area contributed by atoms with Crippen LogP contribution in [-0.2, 0) is 9.59 Å². The summed E-state index contributed by atoms with van der Waals surface area (Å²) in [5.41, 5.74) is 2.23. The molecule has 0 spiro atoms. The van der Waals surface area contributed by atoms with Gasteiger partial charge in [-0.25, -0.2) is 0 Å². The number of nitrogens with zero attached hydrogens (tertiary/aromatic N) is 2. The molecule has 3 rings (SSSR count). The molecule has 23 heavy (non-hydrogen) atoms. The molecule has 2 aromatic carbocycles. The third-order valence-corrected chi connectivity index (χ3v) is 3.74. The van der Waals surface area contributed by atoms with Crippen molar-refractivity contribution in [2.45, 2.75) is 6.42 Å². The minimum absolute atomic E-state index is 0.112. The van der Waals surface area contributed by atoms with Gasteiger partial charge in [-0.2, -0.15) is 5.26 Å². The molecule has 2 amide bonds. The number of hydrogen-bond acceptors (Lipinski definition) is 3. The van der Waals surface area contributed by atoms with E-state index in [1.54, 1.807) is 0 Å². The van der Waals surface area contributed by atoms with Crippen LogP contribution in [0.3, 0.4) is 0 Å². The minimum Gasteiger partial charge on any atom is -0.273 e. The summed E-state index contributed by atoms with van der Waals surface area (Å²) < 4.78 is 0. The second-order valence-electron chi connectivity index (χ2n) is 5.15. The van der Waals surface area contributed by atoms with Gasteiger partial charge < -0.3 is 0 Å². The van der Waals surface area contributed by atoms with Gasteiger partial charge in [0.2, 0.25) is 0 Å². The lowest BCUT2D eigenvalue weighted by Gasteiger charge is -2.12. The van der Waals surface area contributed by atoms with Crippen LogP contribution in [0.15, 0.2) is 60.7 Å². The number of nitriles is 1. The van der Waals surface area contributed by atoms with E-state index in [4.69, 9.17) is 5.26 Å². The Morgan fingerprint density at radius 1 is 0.783 bits per heavy atom. The molecule has 0 bridgehead atoms. The Morgan fingerprint density at radius 3 is 1.61 bits per heavy atom. The third kappa shape index (κ3) is 2.65. The highest BCUT2D eigenvalue weighted by molar-refractivity contribution is 6.48. The molecule has 0 aliphatic carbocycles. The van der Waals surface area contributed by atoms with Crippen LogP contribution in [0.1, 0.15) is 17.5 Å². The molecule has 0 saturated carbocycles. The highest BCUT2D eigenvalue weighted by Crippen LogP contribution is 2.35. The summed E-state index contributed by atoms with van der Waals surface area (Å²) in [4.78, 5) is 26.6. The Labute approximate surface area is 134 Å². The Hall–Kier alpha value is -3.19. The van der Waals surface area contributed by atoms with Gasteiger partial charge >= 0.3 is 0 Å². The molecule has 0 fully saturated rings. The van der Waals surface area contributed by atoms with Crippen LogP contribution in [0, 0.1) is 11.3 Å². The second kappa shape index (κ2) is 6.29. The lowest BCUT2D eigenvalue weighted by molar-refractivity contribution is -0.135. The van der Waals surface area contributed by atoms with Gasteiger partial charge in [0, 0.05) is 6.54 Å². The molecule has 0 atom stereocenters. The lowest BCUT2D eigenvalue weighted by Crippen LogP contribution is -2.32. The molecule has 1 heterocycles. The van der Waals surface area contributed by atoms with E-state index in [-0.39, 0.29) is 24.8 Å². The van der Waals surface area contributed by atoms with Crippen molar-refractivity contribution in [3.05, 3.63) is 71.8 Å². The first kappa shape index (κ1) is 14.7. The van der Waals surface area contributed by atoms with Crippen molar-refractivity contribution in [1.29, 1.82) is 5.26 Å². The second-order valence-corrected chi connectivity index (χ2v) is 5.15. The molecule has 4 nitrogen and oxygen atoms in total. The Bertz CT molecular complexity index is 756. The summed E-state index contributed by atoms with van der Waals surface area (Å²) in [6.45, 7) is 0.112. The number of carbonyl (C=O) groups is 2. The zero-order valence-corrected chi connectivity index (χ0v) is 12.4. The van der Waals surface area contributed by atoms with Crippen molar-refractivity contribution in [1.82, 2.24) is 4.90 Å². The highest BCUT2D eigenvalue weighted by Gasteiger charge is 2.38. The van der Waals surface area contributed by atoms with Gasteiger partial charge in [-0.05, 0) is 11.1 Å². The largest absolute Gasteiger partial charge is 0.273 e. The molecular formula is C19H14N2O2. The highest BCUT2D eigenvalue weighted by atomic mass is 16.2. The summed E-state index contributed by atoms with van der Waals surface area (Å²) >= 11 is 0. The van der Waals surface area contributed by atoms with E-state index in [9.17, 15) is 9.59 Å². The van der Waals surface area contributed by atoms with E-state index < -0.39 is 0 Å². The first-order valence-corrected chi connectivity index (χ1v) is 7.32. The van der Waals surface area contributed by atoms with E-state index in [0.29, 0.717) is 22.3 Å². The zero-order valence-electron chi connectivity index (χ0n) is 12.4. The average Bonchev–Trinajstić information content (AvgIpc) is 2.85. The standard InChI is InChI=1S/C19H14N2O2/c20-12-7-13-21-18(22)16(14-8-3-1-4-9-14)17(19(21)23)15-10-5-2-6-11-15/h1-6,8-11H,7,13H2.